The van der Waals surface area contributed by atoms with E-state index in [1.807, 2.05) is 0 Å². The highest BCUT2D eigenvalue weighted by Crippen LogP contribution is 2.21. The van der Waals surface area contributed by atoms with Crippen LogP contribution in [0.2, 0.25) is 0 Å². The number of fused-ring (bicyclic) bond motifs is 1. The highest BCUT2D eigenvalue weighted by Gasteiger charge is 2.30. The zero-order valence-corrected chi connectivity index (χ0v) is 7.69. The van der Waals surface area contributed by atoms with E-state index in [0.29, 0.717) is 24.3 Å². The quantitative estimate of drug-likeness (QED) is 0.518. The van der Waals surface area contributed by atoms with Crippen LogP contribution in [0, 0.1) is 6.92 Å². The molecule has 0 amide bonds. The molecule has 0 saturated carbocycles. The van der Waals surface area contributed by atoms with Crippen LogP contribution < -0.4 is 10.2 Å². The average molecular weight is 192 g/mol. The van der Waals surface area contributed by atoms with Crippen molar-refractivity contribution in [3.05, 3.63) is 23.3 Å². The summed E-state index contributed by atoms with van der Waals surface area (Å²) in [5, 5.41) is 9.49. The second-order valence-electron chi connectivity index (χ2n) is 3.14. The Balaban J connectivity index is 2.49. The Morgan fingerprint density at radius 1 is 1.64 bits per heavy atom. The third-order valence-corrected chi connectivity index (χ3v) is 2.37. The lowest BCUT2D eigenvalue weighted by Crippen LogP contribution is -2.30. The smallest absolute Gasteiger partial charge is 0.428 e. The first-order valence-corrected chi connectivity index (χ1v) is 4.26. The van der Waals surface area contributed by atoms with Crippen molar-refractivity contribution in [1.29, 1.82) is 0 Å². The van der Waals surface area contributed by atoms with Crippen molar-refractivity contribution in [2.75, 3.05) is 0 Å². The summed E-state index contributed by atoms with van der Waals surface area (Å²) < 4.78 is 9.81. The molecule has 2 rings (SSSR count). The van der Waals surface area contributed by atoms with Gasteiger partial charge in [-0.3, -0.25) is 4.79 Å². The molecule has 1 heterocycles. The lowest BCUT2D eigenvalue weighted by molar-refractivity contribution is -0.120. The Hall–Kier alpha value is -1.33. The van der Waals surface area contributed by atoms with E-state index in [2.05, 4.69) is 0 Å². The fourth-order valence-corrected chi connectivity index (χ4v) is 1.67. The predicted molar refractivity (Wildman–Crippen MR) is 50.3 cm³/mol. The van der Waals surface area contributed by atoms with Gasteiger partial charge in [0, 0.05) is 0 Å². The van der Waals surface area contributed by atoms with E-state index in [0.717, 1.165) is 11.1 Å². The molecule has 0 aromatic heterocycles. The second-order valence-corrected chi connectivity index (χ2v) is 3.14. The molecule has 4 nitrogen and oxygen atoms in total. The van der Waals surface area contributed by atoms with E-state index in [1.165, 1.54) is 0 Å². The van der Waals surface area contributed by atoms with Crippen molar-refractivity contribution in [2.24, 2.45) is 0 Å². The third-order valence-electron chi connectivity index (χ3n) is 2.37. The largest absolute Gasteiger partial charge is 0.492 e. The predicted octanol–water partition coefficient (Wildman–Crippen LogP) is -0.252. The van der Waals surface area contributed by atoms with Crippen LogP contribution >= 0.6 is 0 Å². The van der Waals surface area contributed by atoms with Gasteiger partial charge in [-0.2, -0.15) is 0 Å². The van der Waals surface area contributed by atoms with Crippen LogP contribution in [0.5, 0.6) is 5.75 Å². The van der Waals surface area contributed by atoms with Gasteiger partial charge in [-0.15, -0.1) is 0 Å². The number of ether oxygens (including phenoxy) is 1. The summed E-state index contributed by atoms with van der Waals surface area (Å²) in [5.41, 5.74) is 2.40. The van der Waals surface area contributed by atoms with Crippen molar-refractivity contribution in [2.45, 2.75) is 13.5 Å². The molecule has 0 radical (unpaired) electrons. The number of rotatable bonds is 2. The van der Waals surface area contributed by atoms with Crippen LogP contribution in [-0.2, 0) is 16.1 Å². The molecule has 14 heavy (non-hydrogen) atoms. The summed E-state index contributed by atoms with van der Waals surface area (Å²) in [7, 11) is -0.903. The van der Waals surface area contributed by atoms with Crippen molar-refractivity contribution in [1.82, 2.24) is 0 Å². The first-order chi connectivity index (χ1) is 6.74. The van der Waals surface area contributed by atoms with E-state index < -0.39 is 7.12 Å². The molecule has 1 aliphatic rings. The van der Waals surface area contributed by atoms with Gasteiger partial charge in [0.15, 0.2) is 0 Å². The van der Waals surface area contributed by atoms with Gasteiger partial charge in [0.25, 0.3) is 6.47 Å². The third kappa shape index (κ3) is 1.30. The van der Waals surface area contributed by atoms with E-state index in [4.69, 9.17) is 9.39 Å². The molecule has 0 saturated heterocycles. The molecule has 1 aromatic rings. The minimum Gasteiger partial charge on any atom is -0.428 e. The van der Waals surface area contributed by atoms with Crippen molar-refractivity contribution < 1.29 is 19.2 Å². The maximum atomic E-state index is 10.2. The van der Waals surface area contributed by atoms with E-state index in [9.17, 15) is 9.82 Å². The van der Waals surface area contributed by atoms with Gasteiger partial charge >= 0.3 is 7.12 Å². The Morgan fingerprint density at radius 3 is 3.14 bits per heavy atom. The highest BCUT2D eigenvalue weighted by atomic mass is 16.5. The molecule has 0 bridgehead atoms. The molecule has 72 valence electrons. The van der Waals surface area contributed by atoms with Crippen molar-refractivity contribution >= 4 is 19.1 Å². The minimum atomic E-state index is -0.903. The van der Waals surface area contributed by atoms with E-state index in [1.54, 1.807) is 19.1 Å². The number of carbonyl (C=O) groups excluding carboxylic acids is 1. The first-order valence-electron chi connectivity index (χ1n) is 4.26. The fourth-order valence-electron chi connectivity index (χ4n) is 1.67. The molecule has 0 fully saturated rings. The van der Waals surface area contributed by atoms with E-state index >= 15 is 0 Å². The number of hydrogen-bond donors (Lipinski definition) is 1. The Labute approximate surface area is 81.6 Å². The normalized spacial score (nSPS) is 14.0. The number of carbonyl (C=O) groups is 1. The lowest BCUT2D eigenvalue weighted by atomic mass is 9.76. The summed E-state index contributed by atoms with van der Waals surface area (Å²) in [6, 6.07) is 3.49. The molecule has 1 N–H and O–H groups in total. The van der Waals surface area contributed by atoms with Gasteiger partial charge in [0.05, 0.1) is 6.61 Å². The standard InChI is InChI=1S/C9H9BO4/c1-6-8(13-5-11)3-2-7-4-14-10(12)9(6)7/h2-3,5,12H,4H2,1H3. The summed E-state index contributed by atoms with van der Waals surface area (Å²) in [6.45, 7) is 2.56. The summed E-state index contributed by atoms with van der Waals surface area (Å²) >= 11 is 0. The van der Waals surface area contributed by atoms with Gasteiger partial charge in [-0.05, 0) is 29.6 Å². The zero-order valence-electron chi connectivity index (χ0n) is 7.69. The maximum absolute atomic E-state index is 10.2. The van der Waals surface area contributed by atoms with E-state index in [-0.39, 0.29) is 0 Å². The fraction of sp³-hybridized carbons (Fsp3) is 0.222. The molecule has 0 spiro atoms. The SMILES string of the molecule is Cc1c(OC=O)ccc2c1B(O)OC2. The molecule has 0 aliphatic carbocycles. The van der Waals surface area contributed by atoms with Crippen LogP contribution in [0.15, 0.2) is 12.1 Å². The van der Waals surface area contributed by atoms with Gasteiger partial charge in [0.1, 0.15) is 5.75 Å². The maximum Gasteiger partial charge on any atom is 0.492 e. The molecular formula is C9H9BO4. The van der Waals surface area contributed by atoms with Gasteiger partial charge in [0.2, 0.25) is 0 Å². The van der Waals surface area contributed by atoms with Crippen molar-refractivity contribution in [3.63, 3.8) is 0 Å². The Kier molecular flexibility index (Phi) is 2.27. The molecule has 0 atom stereocenters. The summed E-state index contributed by atoms with van der Waals surface area (Å²) in [6.07, 6.45) is 0. The molecule has 1 aromatic carbocycles. The van der Waals surface area contributed by atoms with Gasteiger partial charge < -0.3 is 14.4 Å². The van der Waals surface area contributed by atoms with Crippen LogP contribution in [0.3, 0.4) is 0 Å². The summed E-state index contributed by atoms with van der Waals surface area (Å²) in [4.78, 5) is 10.2. The van der Waals surface area contributed by atoms with Crippen molar-refractivity contribution in [3.8, 4) is 5.75 Å². The van der Waals surface area contributed by atoms with Crippen LogP contribution in [0.4, 0.5) is 0 Å². The Morgan fingerprint density at radius 2 is 2.43 bits per heavy atom. The second kappa shape index (κ2) is 3.44. The molecule has 0 unspecified atom stereocenters. The molecule has 1 aliphatic heterocycles. The first kappa shape index (κ1) is 9.24. The van der Waals surface area contributed by atoms with Crippen LogP contribution in [-0.4, -0.2) is 18.6 Å². The minimum absolute atomic E-state index is 0.372. The van der Waals surface area contributed by atoms with Crippen LogP contribution in [0.25, 0.3) is 0 Å². The Bertz CT molecular complexity index is 377. The lowest BCUT2D eigenvalue weighted by Gasteiger charge is -2.07. The average Bonchev–Trinajstić information content (AvgIpc) is 2.54. The summed E-state index contributed by atoms with van der Waals surface area (Å²) in [5.74, 6) is 0.461. The molecular weight excluding hydrogens is 183 g/mol. The number of hydrogen-bond acceptors (Lipinski definition) is 4. The van der Waals surface area contributed by atoms with Gasteiger partial charge in [-0.1, -0.05) is 6.07 Å². The number of benzene rings is 1. The topological polar surface area (TPSA) is 55.8 Å². The molecule has 5 heteroatoms. The monoisotopic (exact) mass is 192 g/mol. The van der Waals surface area contributed by atoms with Gasteiger partial charge in [-0.25, -0.2) is 0 Å². The van der Waals surface area contributed by atoms with Crippen LogP contribution in [0.1, 0.15) is 11.1 Å². The highest BCUT2D eigenvalue weighted by molar-refractivity contribution is 6.62. The zero-order chi connectivity index (χ0) is 10.1.